The van der Waals surface area contributed by atoms with Gasteiger partial charge in [0.15, 0.2) is 24.8 Å². The van der Waals surface area contributed by atoms with Gasteiger partial charge in [-0.3, -0.25) is 4.99 Å². The molecule has 2 aliphatic rings. The number of aromatic nitrogens is 2. The normalized spacial score (nSPS) is 17.7. The van der Waals surface area contributed by atoms with Crippen molar-refractivity contribution in [2.75, 3.05) is 43.3 Å². The number of hydrogen-bond donors (Lipinski definition) is 1. The molecule has 0 spiro atoms. The zero-order chi connectivity index (χ0) is 31.2. The third kappa shape index (κ3) is 7.17. The van der Waals surface area contributed by atoms with Crippen LogP contribution < -0.4 is 24.3 Å². The molecule has 45 heavy (non-hydrogen) atoms. The summed E-state index contributed by atoms with van der Waals surface area (Å²) in [5.74, 6) is 0.680. The Bertz CT molecular complexity index is 1680. The average molecular weight is 599 g/mol. The minimum atomic E-state index is 0.318. The van der Waals surface area contributed by atoms with Gasteiger partial charge in [0.25, 0.3) is 0 Å². The number of allylic oxidation sites excluding steroid dienone is 4. The standard InChI is InChI=1S/C39H46N6/c1-42(2)30-20-26-44(27-21-30)24-10-14-34-32-12-5-7-16-36(32)40-38(34)18-9-19-39-35(33-13-6-8-17-37(33)41-39)15-11-25-45-28-22-31(23-29-45)43(3)4/h5-9,12-13,16-23,26-29,34-35,40H,10-11,14-15,24-25H2,1-4H3/q+2. The summed E-state index contributed by atoms with van der Waals surface area (Å²) in [5.41, 5.74) is 9.95. The van der Waals surface area contributed by atoms with Crippen LogP contribution in [0.25, 0.3) is 0 Å². The van der Waals surface area contributed by atoms with Crippen molar-refractivity contribution in [1.29, 1.82) is 0 Å². The summed E-state index contributed by atoms with van der Waals surface area (Å²) in [6, 6.07) is 26.1. The smallest absolute Gasteiger partial charge is 0.170 e. The summed E-state index contributed by atoms with van der Waals surface area (Å²) in [6.45, 7) is 2.00. The van der Waals surface area contributed by atoms with Crippen molar-refractivity contribution in [2.24, 2.45) is 4.99 Å². The maximum Gasteiger partial charge on any atom is 0.170 e. The van der Waals surface area contributed by atoms with E-state index in [9.17, 15) is 0 Å². The van der Waals surface area contributed by atoms with E-state index in [0.717, 1.165) is 50.2 Å². The Balaban J connectivity index is 1.12. The summed E-state index contributed by atoms with van der Waals surface area (Å²) >= 11 is 0. The maximum absolute atomic E-state index is 5.07. The van der Waals surface area contributed by atoms with Crippen LogP contribution in [0, 0.1) is 0 Å². The van der Waals surface area contributed by atoms with Gasteiger partial charge in [-0.25, -0.2) is 9.13 Å². The van der Waals surface area contributed by atoms with Gasteiger partial charge in [0.05, 0.1) is 5.69 Å². The number of rotatable bonds is 12. The fraction of sp³-hybridized carbons (Fsp3) is 0.308. The van der Waals surface area contributed by atoms with E-state index in [2.05, 4.69) is 168 Å². The molecule has 2 unspecified atom stereocenters. The highest BCUT2D eigenvalue weighted by Crippen LogP contribution is 2.41. The SMILES string of the molecule is CN(C)c1cc[n+](CCCC2C(C=CC=C3Nc4ccccc4C3CCC[n+]3ccc(N(C)C)cc3)=Nc3ccccc32)cc1. The third-order valence-electron chi connectivity index (χ3n) is 9.05. The molecular formula is C39H46N6+2. The van der Waals surface area contributed by atoms with Gasteiger partial charge >= 0.3 is 0 Å². The van der Waals surface area contributed by atoms with E-state index in [0.29, 0.717) is 11.8 Å². The number of benzene rings is 2. The second-order valence-corrected chi connectivity index (χ2v) is 12.6. The Hall–Kier alpha value is -4.71. The molecular weight excluding hydrogens is 552 g/mol. The molecule has 6 rings (SSSR count). The number of nitrogens with zero attached hydrogens (tertiary/aromatic N) is 5. The molecule has 6 heteroatoms. The minimum absolute atomic E-state index is 0.318. The van der Waals surface area contributed by atoms with Gasteiger partial charge in [-0.1, -0.05) is 42.5 Å². The molecule has 0 saturated heterocycles. The molecule has 6 nitrogen and oxygen atoms in total. The summed E-state index contributed by atoms with van der Waals surface area (Å²) < 4.78 is 4.57. The summed E-state index contributed by atoms with van der Waals surface area (Å²) in [7, 11) is 8.32. The van der Waals surface area contributed by atoms with Crippen molar-refractivity contribution >= 4 is 28.5 Å². The molecule has 2 aliphatic heterocycles. The van der Waals surface area contributed by atoms with Gasteiger partial charge in [0.1, 0.15) is 13.1 Å². The van der Waals surface area contributed by atoms with Gasteiger partial charge in [0.2, 0.25) is 0 Å². The number of hydrogen-bond acceptors (Lipinski definition) is 4. The number of para-hydroxylation sites is 2. The first kappa shape index (κ1) is 30.3. The summed E-state index contributed by atoms with van der Waals surface area (Å²) in [4.78, 5) is 9.35. The van der Waals surface area contributed by atoms with Crippen molar-refractivity contribution in [1.82, 2.24) is 0 Å². The number of aryl methyl sites for hydroxylation is 2. The second-order valence-electron chi connectivity index (χ2n) is 12.6. The van der Waals surface area contributed by atoms with E-state index in [-0.39, 0.29) is 0 Å². The molecule has 0 amide bonds. The Morgan fingerprint density at radius 2 is 1.24 bits per heavy atom. The first-order valence-electron chi connectivity index (χ1n) is 16.2. The Labute approximate surface area is 268 Å². The van der Waals surface area contributed by atoms with Crippen LogP contribution in [-0.2, 0) is 13.1 Å². The second kappa shape index (κ2) is 13.9. The van der Waals surface area contributed by atoms with Crippen molar-refractivity contribution in [3.8, 4) is 0 Å². The van der Waals surface area contributed by atoms with Crippen LogP contribution in [0.5, 0.6) is 0 Å². The van der Waals surface area contributed by atoms with Crippen LogP contribution in [-0.4, -0.2) is 33.9 Å². The molecule has 2 atom stereocenters. The topological polar surface area (TPSA) is 38.6 Å². The highest BCUT2D eigenvalue weighted by atomic mass is 15.1. The van der Waals surface area contributed by atoms with Gasteiger partial charge in [-0.15, -0.1) is 0 Å². The molecule has 0 fully saturated rings. The van der Waals surface area contributed by atoms with E-state index in [1.165, 1.54) is 33.9 Å². The first-order valence-corrected chi connectivity index (χ1v) is 16.2. The van der Waals surface area contributed by atoms with E-state index in [1.807, 2.05) is 0 Å². The number of anilines is 3. The zero-order valence-corrected chi connectivity index (χ0v) is 27.1. The van der Waals surface area contributed by atoms with Gasteiger partial charge in [-0.2, -0.15) is 0 Å². The lowest BCUT2D eigenvalue weighted by Crippen LogP contribution is -2.33. The minimum Gasteiger partial charge on any atom is -0.377 e. The van der Waals surface area contributed by atoms with Crippen molar-refractivity contribution in [3.05, 3.63) is 133 Å². The number of pyridine rings is 2. The third-order valence-corrected chi connectivity index (χ3v) is 9.05. The van der Waals surface area contributed by atoms with Crippen molar-refractivity contribution < 1.29 is 9.13 Å². The van der Waals surface area contributed by atoms with Crippen LogP contribution in [0.2, 0.25) is 0 Å². The van der Waals surface area contributed by atoms with E-state index < -0.39 is 0 Å². The number of aliphatic imine (C=N–C) groups is 1. The highest BCUT2D eigenvalue weighted by molar-refractivity contribution is 6.05. The van der Waals surface area contributed by atoms with Crippen molar-refractivity contribution in [3.63, 3.8) is 0 Å². The van der Waals surface area contributed by atoms with Crippen LogP contribution in [0.3, 0.4) is 0 Å². The lowest BCUT2D eigenvalue weighted by atomic mass is 9.90. The molecule has 4 heterocycles. The van der Waals surface area contributed by atoms with Gasteiger partial charge in [-0.05, 0) is 48.3 Å². The van der Waals surface area contributed by atoms with Crippen LogP contribution in [0.15, 0.2) is 127 Å². The molecule has 0 bridgehead atoms. The Kier molecular flexibility index (Phi) is 9.39. The molecule has 2 aromatic heterocycles. The molecule has 230 valence electrons. The molecule has 1 N–H and O–H groups in total. The van der Waals surface area contributed by atoms with Crippen molar-refractivity contribution in [2.45, 2.75) is 50.6 Å². The van der Waals surface area contributed by atoms with Crippen LogP contribution >= 0.6 is 0 Å². The fourth-order valence-electron chi connectivity index (χ4n) is 6.51. The monoisotopic (exact) mass is 598 g/mol. The van der Waals surface area contributed by atoms with Crippen LogP contribution in [0.1, 0.15) is 48.6 Å². The van der Waals surface area contributed by atoms with Crippen LogP contribution in [0.4, 0.5) is 22.7 Å². The van der Waals surface area contributed by atoms with E-state index in [4.69, 9.17) is 4.99 Å². The lowest BCUT2D eigenvalue weighted by Gasteiger charge is -2.13. The largest absolute Gasteiger partial charge is 0.377 e. The molecule has 4 aromatic rings. The highest BCUT2D eigenvalue weighted by Gasteiger charge is 2.27. The summed E-state index contributed by atoms with van der Waals surface area (Å²) in [6.07, 6.45) is 19.8. The Morgan fingerprint density at radius 1 is 0.689 bits per heavy atom. The number of nitrogens with one attached hydrogen (secondary N) is 1. The van der Waals surface area contributed by atoms with Gasteiger partial charge in [0, 0.05) is 106 Å². The average Bonchev–Trinajstić information content (AvgIpc) is 3.59. The van der Waals surface area contributed by atoms with Gasteiger partial charge < -0.3 is 15.1 Å². The van der Waals surface area contributed by atoms with E-state index >= 15 is 0 Å². The molecule has 2 aromatic carbocycles. The molecule has 0 radical (unpaired) electrons. The predicted octanol–water partition coefficient (Wildman–Crippen LogP) is 7.17. The molecule has 0 aliphatic carbocycles. The predicted molar refractivity (Wildman–Crippen MR) is 187 cm³/mol. The zero-order valence-electron chi connectivity index (χ0n) is 27.1. The number of fused-ring (bicyclic) bond motifs is 2. The summed E-state index contributed by atoms with van der Waals surface area (Å²) in [5, 5.41) is 3.72. The fourth-order valence-corrected chi connectivity index (χ4v) is 6.51. The lowest BCUT2D eigenvalue weighted by molar-refractivity contribution is -0.697. The van der Waals surface area contributed by atoms with E-state index in [1.54, 1.807) is 0 Å². The Morgan fingerprint density at radius 3 is 1.87 bits per heavy atom. The quantitative estimate of drug-likeness (QED) is 0.176. The maximum atomic E-state index is 5.07. The molecule has 0 saturated carbocycles. The first-order chi connectivity index (χ1) is 22.0.